The van der Waals surface area contributed by atoms with E-state index in [4.69, 9.17) is 34.8 Å². The Morgan fingerprint density at radius 3 is 1.51 bits per heavy atom. The highest BCUT2D eigenvalue weighted by atomic mass is 35.5. The van der Waals surface area contributed by atoms with Gasteiger partial charge in [-0.1, -0.05) is 71.2 Å². The van der Waals surface area contributed by atoms with Gasteiger partial charge >= 0.3 is 0 Å². The van der Waals surface area contributed by atoms with Gasteiger partial charge in [0.25, 0.3) is 0 Å². The van der Waals surface area contributed by atoms with Gasteiger partial charge in [-0.05, 0) is 146 Å². The fourth-order valence-corrected chi connectivity index (χ4v) is 8.77. The fraction of sp³-hybridized carbons (Fsp3) is 0.220. The SMILES string of the molecule is CN(C)Cc1sc(C=O)cc1Cc1cccc(Cl)c1.CN(C)Cc1sccc1Cc1cccc(Cl)c1.O=Cc1sccc1Cc1cccc(Cl)c1. The van der Waals surface area contributed by atoms with Crippen LogP contribution in [0.1, 0.15) is 62.5 Å². The summed E-state index contributed by atoms with van der Waals surface area (Å²) >= 11 is 22.8. The van der Waals surface area contributed by atoms with Gasteiger partial charge in [0.1, 0.15) is 0 Å². The van der Waals surface area contributed by atoms with Gasteiger partial charge in [0.05, 0.1) is 9.75 Å². The highest BCUT2D eigenvalue weighted by molar-refractivity contribution is 7.13. The Morgan fingerprint density at radius 2 is 1.02 bits per heavy atom. The molecule has 3 heterocycles. The lowest BCUT2D eigenvalue weighted by Crippen LogP contribution is -2.10. The van der Waals surface area contributed by atoms with Crippen LogP contribution in [-0.2, 0) is 32.4 Å². The topological polar surface area (TPSA) is 40.6 Å². The molecular formula is C41H41Cl3N2O2S3. The highest BCUT2D eigenvalue weighted by Crippen LogP contribution is 2.26. The molecule has 0 unspecified atom stereocenters. The molecule has 0 N–H and O–H groups in total. The zero-order valence-corrected chi connectivity index (χ0v) is 33.8. The van der Waals surface area contributed by atoms with Crippen molar-refractivity contribution < 1.29 is 9.59 Å². The maximum Gasteiger partial charge on any atom is 0.160 e. The molecule has 4 nitrogen and oxygen atoms in total. The van der Waals surface area contributed by atoms with E-state index in [2.05, 4.69) is 47.5 Å². The third-order valence-corrected chi connectivity index (χ3v) is 11.2. The molecule has 266 valence electrons. The van der Waals surface area contributed by atoms with Crippen LogP contribution in [0.4, 0.5) is 0 Å². The van der Waals surface area contributed by atoms with Crippen LogP contribution in [0.15, 0.2) is 102 Å². The first-order valence-electron chi connectivity index (χ1n) is 16.2. The van der Waals surface area contributed by atoms with Crippen molar-refractivity contribution >= 4 is 81.4 Å². The number of carbonyl (C=O) groups excluding carboxylic acids is 2. The van der Waals surface area contributed by atoms with Crippen molar-refractivity contribution in [3.05, 3.63) is 170 Å². The zero-order chi connectivity index (χ0) is 36.8. The average molecular weight is 796 g/mol. The molecular weight excluding hydrogens is 755 g/mol. The van der Waals surface area contributed by atoms with Gasteiger partial charge in [0.2, 0.25) is 0 Å². The van der Waals surface area contributed by atoms with E-state index in [0.717, 1.165) is 80.9 Å². The Balaban J connectivity index is 0.000000173. The van der Waals surface area contributed by atoms with Gasteiger partial charge in [-0.15, -0.1) is 34.0 Å². The Hall–Kier alpha value is -3.11. The van der Waals surface area contributed by atoms with Crippen molar-refractivity contribution in [2.75, 3.05) is 28.2 Å². The Kier molecular flexibility index (Phi) is 16.6. The quantitative estimate of drug-likeness (QED) is 0.116. The molecule has 0 aliphatic carbocycles. The molecule has 3 aromatic heterocycles. The van der Waals surface area contributed by atoms with Crippen molar-refractivity contribution in [3.8, 4) is 0 Å². The second-order valence-corrected chi connectivity index (χ2v) is 16.8. The van der Waals surface area contributed by atoms with Crippen LogP contribution in [0, 0.1) is 0 Å². The van der Waals surface area contributed by atoms with E-state index in [0.29, 0.717) is 0 Å². The number of benzene rings is 3. The van der Waals surface area contributed by atoms with Gasteiger partial charge in [-0.25, -0.2) is 0 Å². The molecule has 0 saturated carbocycles. The Bertz CT molecular complexity index is 2000. The molecule has 3 aromatic carbocycles. The highest BCUT2D eigenvalue weighted by Gasteiger charge is 2.11. The van der Waals surface area contributed by atoms with Crippen LogP contribution < -0.4 is 0 Å². The minimum atomic E-state index is 0.732. The molecule has 0 amide bonds. The van der Waals surface area contributed by atoms with Crippen molar-refractivity contribution in [1.82, 2.24) is 9.80 Å². The van der Waals surface area contributed by atoms with E-state index in [1.54, 1.807) is 11.3 Å². The molecule has 10 heteroatoms. The minimum absolute atomic E-state index is 0.732. The maximum atomic E-state index is 10.9. The monoisotopic (exact) mass is 794 g/mol. The number of nitrogens with zero attached hydrogens (tertiary/aromatic N) is 2. The standard InChI is InChI=1S/C15H16ClNOS.C14H16ClNS.C12H9ClOS/c1-17(2)9-15-12(8-14(10-18)19-15)6-11-4-3-5-13(16)7-11;1-16(2)10-14-12(6-7-17-14)8-11-4-3-5-13(15)9-11;13-11-3-1-2-9(7-11)6-10-4-5-15-12(10)8-14/h3-5,7-8,10H,6,9H2,1-2H3;3-7,9H,8,10H2,1-2H3;1-5,7-8H,6H2. The minimum Gasteiger partial charge on any atom is -0.304 e. The summed E-state index contributed by atoms with van der Waals surface area (Å²) in [7, 11) is 8.26. The van der Waals surface area contributed by atoms with Crippen LogP contribution in [0.5, 0.6) is 0 Å². The molecule has 0 atom stereocenters. The summed E-state index contributed by atoms with van der Waals surface area (Å²) in [6, 6.07) is 29.8. The Labute approximate surface area is 328 Å². The molecule has 0 aliphatic heterocycles. The molecule has 0 saturated heterocycles. The number of thiophene rings is 3. The lowest BCUT2D eigenvalue weighted by atomic mass is 10.1. The molecule has 0 fully saturated rings. The molecule has 6 rings (SSSR count). The summed E-state index contributed by atoms with van der Waals surface area (Å²) in [6.07, 6.45) is 4.37. The third-order valence-electron chi connectivity index (χ3n) is 7.53. The van der Waals surface area contributed by atoms with E-state index in [-0.39, 0.29) is 0 Å². The summed E-state index contributed by atoms with van der Waals surface area (Å²) in [5.74, 6) is 0. The molecule has 0 spiro atoms. The van der Waals surface area contributed by atoms with Crippen molar-refractivity contribution in [3.63, 3.8) is 0 Å². The van der Waals surface area contributed by atoms with E-state index in [1.165, 1.54) is 43.3 Å². The molecule has 51 heavy (non-hydrogen) atoms. The van der Waals surface area contributed by atoms with Crippen LogP contribution in [0.3, 0.4) is 0 Å². The largest absolute Gasteiger partial charge is 0.304 e. The molecule has 6 aromatic rings. The fourth-order valence-electron chi connectivity index (χ4n) is 5.27. The average Bonchev–Trinajstić information content (AvgIpc) is 3.82. The van der Waals surface area contributed by atoms with Crippen LogP contribution in [-0.4, -0.2) is 50.6 Å². The van der Waals surface area contributed by atoms with Gasteiger partial charge in [0, 0.05) is 37.9 Å². The van der Waals surface area contributed by atoms with E-state index >= 15 is 0 Å². The lowest BCUT2D eigenvalue weighted by molar-refractivity contribution is 0.111. The number of halogens is 3. The molecule has 0 radical (unpaired) electrons. The number of hydrogen-bond donors (Lipinski definition) is 0. The summed E-state index contributed by atoms with van der Waals surface area (Å²) in [4.78, 5) is 30.3. The molecule has 0 aliphatic rings. The number of hydrogen-bond acceptors (Lipinski definition) is 7. The van der Waals surface area contributed by atoms with Crippen molar-refractivity contribution in [1.29, 1.82) is 0 Å². The number of carbonyl (C=O) groups is 2. The normalized spacial score (nSPS) is 10.8. The first-order chi connectivity index (χ1) is 24.5. The van der Waals surface area contributed by atoms with Gasteiger partial charge in [0.15, 0.2) is 12.6 Å². The van der Waals surface area contributed by atoms with E-state index < -0.39 is 0 Å². The van der Waals surface area contributed by atoms with Crippen LogP contribution in [0.25, 0.3) is 0 Å². The molecule has 0 bridgehead atoms. The summed E-state index contributed by atoms with van der Waals surface area (Å²) in [5.41, 5.74) is 7.26. The van der Waals surface area contributed by atoms with Crippen molar-refractivity contribution in [2.24, 2.45) is 0 Å². The number of aldehydes is 2. The van der Waals surface area contributed by atoms with Gasteiger partial charge in [-0.2, -0.15) is 0 Å². The lowest BCUT2D eigenvalue weighted by Gasteiger charge is -2.10. The Morgan fingerprint density at radius 1 is 0.549 bits per heavy atom. The second kappa shape index (κ2) is 20.8. The summed E-state index contributed by atoms with van der Waals surface area (Å²) in [5, 5.41) is 6.39. The smallest absolute Gasteiger partial charge is 0.160 e. The van der Waals surface area contributed by atoms with Crippen LogP contribution >= 0.6 is 68.8 Å². The first kappa shape index (κ1) is 40.7. The summed E-state index contributed by atoms with van der Waals surface area (Å²) in [6.45, 7) is 1.86. The third kappa shape index (κ3) is 13.8. The van der Waals surface area contributed by atoms with Gasteiger partial charge < -0.3 is 9.80 Å². The second-order valence-electron chi connectivity index (χ2n) is 12.4. The number of rotatable bonds is 12. The predicted molar refractivity (Wildman–Crippen MR) is 221 cm³/mol. The van der Waals surface area contributed by atoms with E-state index in [1.807, 2.05) is 104 Å². The first-order valence-corrected chi connectivity index (χ1v) is 19.9. The van der Waals surface area contributed by atoms with Gasteiger partial charge in [-0.3, -0.25) is 9.59 Å². The van der Waals surface area contributed by atoms with Crippen molar-refractivity contribution in [2.45, 2.75) is 32.4 Å². The zero-order valence-electron chi connectivity index (χ0n) is 29.1. The predicted octanol–water partition coefficient (Wildman–Crippen LogP) is 11.7. The van der Waals surface area contributed by atoms with Crippen LogP contribution in [0.2, 0.25) is 15.1 Å². The summed E-state index contributed by atoms with van der Waals surface area (Å²) < 4.78 is 0. The maximum absolute atomic E-state index is 10.9. The van der Waals surface area contributed by atoms with E-state index in [9.17, 15) is 9.59 Å².